The molecule has 1 aromatic carbocycles. The number of carbonyl (C=O) groups excluding carboxylic acids is 1. The highest BCUT2D eigenvalue weighted by Gasteiger charge is 2.10. The van der Waals surface area contributed by atoms with Gasteiger partial charge in [-0.25, -0.2) is 0 Å². The molecular formula is C12H16BrNOS. The van der Waals surface area contributed by atoms with Crippen LogP contribution >= 0.6 is 27.7 Å². The van der Waals surface area contributed by atoms with Crippen molar-refractivity contribution < 1.29 is 4.79 Å². The van der Waals surface area contributed by atoms with Gasteiger partial charge in [-0.15, -0.1) is 11.8 Å². The van der Waals surface area contributed by atoms with Gasteiger partial charge in [-0.05, 0) is 36.9 Å². The summed E-state index contributed by atoms with van der Waals surface area (Å²) in [5, 5.41) is 3.77. The van der Waals surface area contributed by atoms with Crippen LogP contribution in [0, 0.1) is 0 Å². The molecule has 0 saturated carbocycles. The van der Waals surface area contributed by atoms with Gasteiger partial charge in [-0.1, -0.05) is 22.9 Å². The van der Waals surface area contributed by atoms with Crippen LogP contribution in [-0.4, -0.2) is 23.5 Å². The van der Waals surface area contributed by atoms with Crippen molar-refractivity contribution in [3.05, 3.63) is 29.8 Å². The summed E-state index contributed by atoms with van der Waals surface area (Å²) >= 11 is 5.05. The molecular weight excluding hydrogens is 286 g/mol. The number of rotatable bonds is 5. The zero-order chi connectivity index (χ0) is 12.0. The summed E-state index contributed by atoms with van der Waals surface area (Å²) in [5.74, 6) is -0.000969. The fourth-order valence-corrected chi connectivity index (χ4v) is 2.29. The molecule has 0 aliphatic heterocycles. The van der Waals surface area contributed by atoms with Gasteiger partial charge in [0.05, 0.1) is 0 Å². The van der Waals surface area contributed by atoms with Crippen LogP contribution in [0.2, 0.25) is 0 Å². The van der Waals surface area contributed by atoms with Crippen molar-refractivity contribution >= 4 is 33.6 Å². The lowest BCUT2D eigenvalue weighted by Crippen LogP contribution is -2.35. The summed E-state index contributed by atoms with van der Waals surface area (Å²) in [7, 11) is 0. The van der Waals surface area contributed by atoms with E-state index < -0.39 is 0 Å². The average molecular weight is 302 g/mol. The second kappa shape index (κ2) is 6.97. The van der Waals surface area contributed by atoms with Gasteiger partial charge in [0, 0.05) is 21.8 Å². The molecule has 2 nitrogen and oxygen atoms in total. The first-order valence-corrected chi connectivity index (χ1v) is 7.56. The molecule has 16 heavy (non-hydrogen) atoms. The fourth-order valence-electron chi connectivity index (χ4n) is 1.26. The Kier molecular flexibility index (Phi) is 5.91. The number of nitrogens with one attached hydrogen (secondary N) is 1. The highest BCUT2D eigenvalue weighted by atomic mass is 79.9. The van der Waals surface area contributed by atoms with Gasteiger partial charge in [0.15, 0.2) is 0 Å². The largest absolute Gasteiger partial charge is 0.348 e. The van der Waals surface area contributed by atoms with Gasteiger partial charge < -0.3 is 5.32 Å². The van der Waals surface area contributed by atoms with E-state index in [0.717, 1.165) is 17.3 Å². The number of thioether (sulfide) groups is 1. The van der Waals surface area contributed by atoms with Crippen LogP contribution in [0.5, 0.6) is 0 Å². The third-order valence-corrected chi connectivity index (χ3v) is 3.89. The smallest absolute Gasteiger partial charge is 0.251 e. The molecule has 0 heterocycles. The summed E-state index contributed by atoms with van der Waals surface area (Å²) in [6.45, 7) is 2.06. The molecule has 1 unspecified atom stereocenters. The Balaban J connectivity index is 2.65. The topological polar surface area (TPSA) is 29.1 Å². The van der Waals surface area contributed by atoms with Crippen molar-refractivity contribution in [2.24, 2.45) is 0 Å². The summed E-state index contributed by atoms with van der Waals surface area (Å²) in [4.78, 5) is 13.0. The molecule has 0 radical (unpaired) electrons. The van der Waals surface area contributed by atoms with Crippen LogP contribution in [0.4, 0.5) is 0 Å². The molecule has 4 heteroatoms. The van der Waals surface area contributed by atoms with Crippen LogP contribution < -0.4 is 5.32 Å². The Morgan fingerprint density at radius 2 is 2.06 bits per heavy atom. The first kappa shape index (κ1) is 13.6. The molecule has 0 fully saturated rings. The minimum Gasteiger partial charge on any atom is -0.348 e. The zero-order valence-corrected chi connectivity index (χ0v) is 11.9. The summed E-state index contributed by atoms with van der Waals surface area (Å²) < 4.78 is 0. The summed E-state index contributed by atoms with van der Waals surface area (Å²) in [6.07, 6.45) is 2.95. The van der Waals surface area contributed by atoms with Crippen LogP contribution in [-0.2, 0) is 0 Å². The molecule has 1 amide bonds. The van der Waals surface area contributed by atoms with Crippen molar-refractivity contribution in [3.8, 4) is 0 Å². The molecule has 1 rings (SSSR count). The van der Waals surface area contributed by atoms with E-state index in [0.29, 0.717) is 0 Å². The van der Waals surface area contributed by atoms with Crippen molar-refractivity contribution in [3.63, 3.8) is 0 Å². The van der Waals surface area contributed by atoms with Gasteiger partial charge in [-0.3, -0.25) is 4.79 Å². The van der Waals surface area contributed by atoms with E-state index in [1.165, 1.54) is 4.90 Å². The van der Waals surface area contributed by atoms with E-state index in [2.05, 4.69) is 28.2 Å². The van der Waals surface area contributed by atoms with Crippen LogP contribution in [0.15, 0.2) is 29.2 Å². The lowest BCUT2D eigenvalue weighted by Gasteiger charge is -2.13. The first-order valence-electron chi connectivity index (χ1n) is 5.22. The highest BCUT2D eigenvalue weighted by Crippen LogP contribution is 2.14. The van der Waals surface area contributed by atoms with E-state index >= 15 is 0 Å². The van der Waals surface area contributed by atoms with Crippen molar-refractivity contribution in [1.82, 2.24) is 5.32 Å². The maximum atomic E-state index is 11.8. The number of amides is 1. The van der Waals surface area contributed by atoms with Gasteiger partial charge in [0.25, 0.3) is 5.91 Å². The van der Waals surface area contributed by atoms with Gasteiger partial charge in [0.1, 0.15) is 0 Å². The van der Waals surface area contributed by atoms with Gasteiger partial charge in [-0.2, -0.15) is 0 Å². The standard InChI is InChI=1S/C12H16BrNOS/c1-3-10(8-13)14-12(15)9-4-6-11(16-2)7-5-9/h4-7,10H,3,8H2,1-2H3,(H,14,15). The maximum Gasteiger partial charge on any atom is 0.251 e. The lowest BCUT2D eigenvalue weighted by molar-refractivity contribution is 0.0940. The van der Waals surface area contributed by atoms with E-state index in [4.69, 9.17) is 0 Å². The molecule has 1 N–H and O–H groups in total. The highest BCUT2D eigenvalue weighted by molar-refractivity contribution is 9.09. The van der Waals surface area contributed by atoms with E-state index in [1.54, 1.807) is 11.8 Å². The second-order valence-electron chi connectivity index (χ2n) is 3.46. The third-order valence-electron chi connectivity index (χ3n) is 2.37. The Labute approximate surface area is 109 Å². The van der Waals surface area contributed by atoms with Gasteiger partial charge in [0.2, 0.25) is 0 Å². The molecule has 0 bridgehead atoms. The Morgan fingerprint density at radius 3 is 2.50 bits per heavy atom. The number of carbonyl (C=O) groups is 1. The predicted octanol–water partition coefficient (Wildman–Crippen LogP) is 3.31. The molecule has 0 spiro atoms. The van der Waals surface area contributed by atoms with Crippen LogP contribution in [0.1, 0.15) is 23.7 Å². The summed E-state index contributed by atoms with van der Waals surface area (Å²) in [6, 6.07) is 7.86. The van der Waals surface area contributed by atoms with E-state index in [9.17, 15) is 4.79 Å². The first-order chi connectivity index (χ1) is 7.71. The molecule has 0 saturated heterocycles. The van der Waals surface area contributed by atoms with Crippen LogP contribution in [0.3, 0.4) is 0 Å². The SMILES string of the molecule is CCC(CBr)NC(=O)c1ccc(SC)cc1. The number of halogens is 1. The second-order valence-corrected chi connectivity index (χ2v) is 4.99. The number of hydrogen-bond acceptors (Lipinski definition) is 2. The lowest BCUT2D eigenvalue weighted by atomic mass is 10.2. The van der Waals surface area contributed by atoms with Crippen molar-refractivity contribution in [1.29, 1.82) is 0 Å². The Hall–Kier alpha value is -0.480. The molecule has 88 valence electrons. The van der Waals surface area contributed by atoms with E-state index in [1.807, 2.05) is 30.5 Å². The molecule has 0 aromatic heterocycles. The zero-order valence-electron chi connectivity index (χ0n) is 9.50. The minimum absolute atomic E-state index is 0.000969. The molecule has 0 aliphatic carbocycles. The van der Waals surface area contributed by atoms with Crippen LogP contribution in [0.25, 0.3) is 0 Å². The molecule has 0 aliphatic rings. The van der Waals surface area contributed by atoms with Crippen molar-refractivity contribution in [2.75, 3.05) is 11.6 Å². The predicted molar refractivity (Wildman–Crippen MR) is 73.6 cm³/mol. The normalized spacial score (nSPS) is 12.2. The Morgan fingerprint density at radius 1 is 1.44 bits per heavy atom. The molecule has 1 aromatic rings. The maximum absolute atomic E-state index is 11.8. The Bertz CT molecular complexity index is 335. The summed E-state index contributed by atoms with van der Waals surface area (Å²) in [5.41, 5.74) is 0.720. The third kappa shape index (κ3) is 3.83. The fraction of sp³-hybridized carbons (Fsp3) is 0.417. The van der Waals surface area contributed by atoms with Crippen molar-refractivity contribution in [2.45, 2.75) is 24.3 Å². The number of hydrogen-bond donors (Lipinski definition) is 1. The monoisotopic (exact) mass is 301 g/mol. The van der Waals surface area contributed by atoms with E-state index in [-0.39, 0.29) is 11.9 Å². The average Bonchev–Trinajstić information content (AvgIpc) is 2.35. The minimum atomic E-state index is -0.000969. The number of alkyl halides is 1. The molecule has 1 atom stereocenters. The van der Waals surface area contributed by atoms with Gasteiger partial charge >= 0.3 is 0 Å². The number of benzene rings is 1. The quantitative estimate of drug-likeness (QED) is 0.668.